The summed E-state index contributed by atoms with van der Waals surface area (Å²) >= 11 is 0. The SMILES string of the molecule is COc1ccc(CCC2CCCCN2C(=O)c2cc(OC)c(C)c(OC)c2)cc1OC. The highest BCUT2D eigenvalue weighted by molar-refractivity contribution is 5.95. The molecule has 2 aromatic carbocycles. The predicted octanol–water partition coefficient (Wildman–Crippen LogP) is 4.66. The van der Waals surface area contributed by atoms with Crippen molar-refractivity contribution in [3.8, 4) is 23.0 Å². The summed E-state index contributed by atoms with van der Waals surface area (Å²) in [5, 5.41) is 0. The van der Waals surface area contributed by atoms with Crippen LogP contribution in [0.3, 0.4) is 0 Å². The number of likely N-dealkylation sites (tertiary alicyclic amines) is 1. The van der Waals surface area contributed by atoms with Crippen molar-refractivity contribution in [3.05, 3.63) is 47.0 Å². The zero-order valence-corrected chi connectivity index (χ0v) is 19.2. The average Bonchev–Trinajstić information content (AvgIpc) is 2.82. The normalized spacial score (nSPS) is 16.0. The van der Waals surface area contributed by atoms with Crippen molar-refractivity contribution in [1.29, 1.82) is 0 Å². The van der Waals surface area contributed by atoms with Crippen molar-refractivity contribution in [3.63, 3.8) is 0 Å². The van der Waals surface area contributed by atoms with Gasteiger partial charge >= 0.3 is 0 Å². The Morgan fingerprint density at radius 3 is 2.16 bits per heavy atom. The van der Waals surface area contributed by atoms with Gasteiger partial charge in [0, 0.05) is 23.7 Å². The summed E-state index contributed by atoms with van der Waals surface area (Å²) in [5.74, 6) is 2.83. The summed E-state index contributed by atoms with van der Waals surface area (Å²) < 4.78 is 21.7. The molecule has 168 valence electrons. The van der Waals surface area contributed by atoms with E-state index >= 15 is 0 Å². The third-order valence-corrected chi connectivity index (χ3v) is 6.10. The van der Waals surface area contributed by atoms with Crippen molar-refractivity contribution >= 4 is 5.91 Å². The lowest BCUT2D eigenvalue weighted by atomic mass is 9.94. The number of amides is 1. The summed E-state index contributed by atoms with van der Waals surface area (Å²) in [5.41, 5.74) is 2.68. The van der Waals surface area contributed by atoms with E-state index in [0.29, 0.717) is 17.1 Å². The Balaban J connectivity index is 1.77. The van der Waals surface area contributed by atoms with E-state index in [2.05, 4.69) is 6.07 Å². The lowest BCUT2D eigenvalue weighted by Gasteiger charge is -2.36. The van der Waals surface area contributed by atoms with Crippen molar-refractivity contribution in [2.75, 3.05) is 35.0 Å². The van der Waals surface area contributed by atoms with Gasteiger partial charge in [0.25, 0.3) is 5.91 Å². The minimum atomic E-state index is 0.0358. The van der Waals surface area contributed by atoms with E-state index in [0.717, 1.165) is 55.7 Å². The number of hydrogen-bond donors (Lipinski definition) is 0. The first-order chi connectivity index (χ1) is 15.0. The molecule has 0 N–H and O–H groups in total. The number of rotatable bonds is 8. The molecule has 1 heterocycles. The van der Waals surface area contributed by atoms with E-state index in [-0.39, 0.29) is 11.9 Å². The first-order valence-corrected chi connectivity index (χ1v) is 10.8. The molecule has 31 heavy (non-hydrogen) atoms. The molecular weight excluding hydrogens is 394 g/mol. The van der Waals surface area contributed by atoms with Crippen molar-refractivity contribution < 1.29 is 23.7 Å². The number of ether oxygens (including phenoxy) is 4. The summed E-state index contributed by atoms with van der Waals surface area (Å²) in [6.45, 7) is 2.70. The summed E-state index contributed by atoms with van der Waals surface area (Å²) in [7, 11) is 6.51. The van der Waals surface area contributed by atoms with Gasteiger partial charge in [0.1, 0.15) is 11.5 Å². The van der Waals surface area contributed by atoms with Gasteiger partial charge in [-0.15, -0.1) is 0 Å². The monoisotopic (exact) mass is 427 g/mol. The second kappa shape index (κ2) is 10.4. The Labute approximate surface area is 185 Å². The minimum Gasteiger partial charge on any atom is -0.496 e. The van der Waals surface area contributed by atoms with Crippen LogP contribution in [0.2, 0.25) is 0 Å². The van der Waals surface area contributed by atoms with Gasteiger partial charge in [0.15, 0.2) is 11.5 Å². The molecule has 1 aliphatic heterocycles. The van der Waals surface area contributed by atoms with Crippen LogP contribution in [0, 0.1) is 6.92 Å². The highest BCUT2D eigenvalue weighted by atomic mass is 16.5. The number of piperidine rings is 1. The molecule has 1 amide bonds. The first-order valence-electron chi connectivity index (χ1n) is 10.8. The van der Waals surface area contributed by atoms with Gasteiger partial charge in [-0.1, -0.05) is 6.07 Å². The minimum absolute atomic E-state index is 0.0358. The highest BCUT2D eigenvalue weighted by Crippen LogP contribution is 2.32. The number of carbonyl (C=O) groups excluding carboxylic acids is 1. The van der Waals surface area contributed by atoms with E-state index in [1.54, 1.807) is 28.4 Å². The molecule has 0 bridgehead atoms. The number of methoxy groups -OCH3 is 4. The maximum Gasteiger partial charge on any atom is 0.254 e. The van der Waals surface area contributed by atoms with Crippen molar-refractivity contribution in [1.82, 2.24) is 4.90 Å². The molecule has 1 fully saturated rings. The first kappa shape index (κ1) is 22.8. The molecule has 2 aromatic rings. The Morgan fingerprint density at radius 2 is 1.55 bits per heavy atom. The van der Waals surface area contributed by atoms with Crippen molar-refractivity contribution in [2.45, 2.75) is 45.1 Å². The number of nitrogens with zero attached hydrogens (tertiary/aromatic N) is 1. The third kappa shape index (κ3) is 5.06. The maximum atomic E-state index is 13.4. The van der Waals surface area contributed by atoms with Crippen LogP contribution >= 0.6 is 0 Å². The van der Waals surface area contributed by atoms with Crippen LogP contribution in [-0.2, 0) is 6.42 Å². The van der Waals surface area contributed by atoms with Crippen LogP contribution in [-0.4, -0.2) is 51.8 Å². The van der Waals surface area contributed by atoms with Crippen LogP contribution in [0.15, 0.2) is 30.3 Å². The standard InChI is InChI=1S/C25H33NO5/c1-17-22(29-3)15-19(16-23(17)30-4)25(27)26-13-7-6-8-20(26)11-9-18-10-12-21(28-2)24(14-18)31-5/h10,12,14-16,20H,6-9,11,13H2,1-5H3. The number of aryl methyl sites for hydroxylation is 1. The maximum absolute atomic E-state index is 13.4. The van der Waals surface area contributed by atoms with E-state index in [9.17, 15) is 4.79 Å². The topological polar surface area (TPSA) is 57.2 Å². The van der Waals surface area contributed by atoms with Crippen LogP contribution in [0.4, 0.5) is 0 Å². The summed E-state index contributed by atoms with van der Waals surface area (Å²) in [6, 6.07) is 9.85. The molecule has 6 heteroatoms. The number of hydrogen-bond acceptors (Lipinski definition) is 5. The fraction of sp³-hybridized carbons (Fsp3) is 0.480. The quantitative estimate of drug-likeness (QED) is 0.613. The Bertz CT molecular complexity index is 886. The van der Waals surface area contributed by atoms with Gasteiger partial charge in [0.05, 0.1) is 28.4 Å². The van der Waals surface area contributed by atoms with Gasteiger partial charge in [-0.25, -0.2) is 0 Å². The fourth-order valence-electron chi connectivity index (χ4n) is 4.31. The zero-order valence-electron chi connectivity index (χ0n) is 19.2. The second-order valence-electron chi connectivity index (χ2n) is 7.88. The lowest BCUT2D eigenvalue weighted by molar-refractivity contribution is 0.0601. The summed E-state index contributed by atoms with van der Waals surface area (Å²) in [4.78, 5) is 15.5. The molecule has 3 rings (SSSR count). The largest absolute Gasteiger partial charge is 0.496 e. The molecule has 6 nitrogen and oxygen atoms in total. The van der Waals surface area contributed by atoms with E-state index in [1.807, 2.05) is 36.1 Å². The number of carbonyl (C=O) groups is 1. The van der Waals surface area contributed by atoms with E-state index in [4.69, 9.17) is 18.9 Å². The number of benzene rings is 2. The van der Waals surface area contributed by atoms with Crippen LogP contribution in [0.1, 0.15) is 47.2 Å². The fourth-order valence-corrected chi connectivity index (χ4v) is 4.31. The lowest BCUT2D eigenvalue weighted by Crippen LogP contribution is -2.44. The smallest absolute Gasteiger partial charge is 0.254 e. The van der Waals surface area contributed by atoms with E-state index < -0.39 is 0 Å². The van der Waals surface area contributed by atoms with E-state index in [1.165, 1.54) is 5.56 Å². The molecule has 1 saturated heterocycles. The average molecular weight is 428 g/mol. The van der Waals surface area contributed by atoms with Crippen LogP contribution in [0.5, 0.6) is 23.0 Å². The Hall–Kier alpha value is -2.89. The molecule has 1 aliphatic rings. The van der Waals surface area contributed by atoms with Gasteiger partial charge in [-0.05, 0) is 68.9 Å². The van der Waals surface area contributed by atoms with Crippen molar-refractivity contribution in [2.24, 2.45) is 0 Å². The third-order valence-electron chi connectivity index (χ3n) is 6.10. The predicted molar refractivity (Wildman–Crippen MR) is 121 cm³/mol. The van der Waals surface area contributed by atoms with Crippen LogP contribution < -0.4 is 18.9 Å². The molecule has 0 aliphatic carbocycles. The zero-order chi connectivity index (χ0) is 22.4. The Kier molecular flexibility index (Phi) is 7.66. The van der Waals surface area contributed by atoms with Gasteiger partial charge < -0.3 is 23.8 Å². The molecule has 1 atom stereocenters. The molecule has 1 unspecified atom stereocenters. The molecular formula is C25H33NO5. The van der Waals surface area contributed by atoms with Gasteiger partial charge in [-0.2, -0.15) is 0 Å². The summed E-state index contributed by atoms with van der Waals surface area (Å²) in [6.07, 6.45) is 4.95. The highest BCUT2D eigenvalue weighted by Gasteiger charge is 2.28. The molecule has 0 spiro atoms. The second-order valence-corrected chi connectivity index (χ2v) is 7.88. The Morgan fingerprint density at radius 1 is 0.903 bits per heavy atom. The molecule has 0 saturated carbocycles. The van der Waals surface area contributed by atoms with Gasteiger partial charge in [-0.3, -0.25) is 4.79 Å². The van der Waals surface area contributed by atoms with Crippen LogP contribution in [0.25, 0.3) is 0 Å². The molecule has 0 aromatic heterocycles. The van der Waals surface area contributed by atoms with Gasteiger partial charge in [0.2, 0.25) is 0 Å². The molecule has 0 radical (unpaired) electrons.